The van der Waals surface area contributed by atoms with Gasteiger partial charge >= 0.3 is 0 Å². The van der Waals surface area contributed by atoms with Gasteiger partial charge in [0.05, 0.1) is 20.3 Å². The summed E-state index contributed by atoms with van der Waals surface area (Å²) < 4.78 is 11.0. The van der Waals surface area contributed by atoms with E-state index in [9.17, 15) is 0 Å². The molecule has 3 N–H and O–H groups in total. The maximum Gasteiger partial charge on any atom is 0.127 e. The van der Waals surface area contributed by atoms with E-state index in [-0.39, 0.29) is 6.04 Å². The molecule has 0 spiro atoms. The monoisotopic (exact) mass is 286 g/mol. The van der Waals surface area contributed by atoms with Gasteiger partial charge in [0.1, 0.15) is 11.5 Å². The largest absolute Gasteiger partial charge is 0.496 e. The highest BCUT2D eigenvalue weighted by atomic mass is 16.5. The first-order chi connectivity index (χ1) is 10.1. The second-order valence-electron chi connectivity index (χ2n) is 4.97. The maximum atomic E-state index is 5.81. The average Bonchev–Trinajstić information content (AvgIpc) is 2.52. The average molecular weight is 286 g/mol. The van der Waals surface area contributed by atoms with Crippen molar-refractivity contribution in [3.8, 4) is 11.5 Å². The van der Waals surface area contributed by atoms with Gasteiger partial charge in [-0.3, -0.25) is 5.84 Å². The second kappa shape index (κ2) is 6.61. The quantitative estimate of drug-likeness (QED) is 0.655. The van der Waals surface area contributed by atoms with Crippen LogP contribution >= 0.6 is 0 Å². The Morgan fingerprint density at radius 2 is 1.67 bits per heavy atom. The minimum Gasteiger partial charge on any atom is -0.496 e. The Labute approximate surface area is 125 Å². The number of hydrogen-bond acceptors (Lipinski definition) is 4. The van der Waals surface area contributed by atoms with E-state index in [1.165, 1.54) is 5.56 Å². The van der Waals surface area contributed by atoms with E-state index in [1.807, 2.05) is 37.3 Å². The number of hydrogen-bond donors (Lipinski definition) is 2. The zero-order valence-electron chi connectivity index (χ0n) is 12.9. The van der Waals surface area contributed by atoms with Gasteiger partial charge in [0.15, 0.2) is 0 Å². The third-order valence-electron chi connectivity index (χ3n) is 3.84. The van der Waals surface area contributed by atoms with Crippen LogP contribution in [0.4, 0.5) is 0 Å². The maximum absolute atomic E-state index is 5.81. The fraction of sp³-hybridized carbons (Fsp3) is 0.294. The van der Waals surface area contributed by atoms with Crippen molar-refractivity contribution in [1.82, 2.24) is 5.43 Å². The lowest BCUT2D eigenvalue weighted by atomic mass is 9.94. The van der Waals surface area contributed by atoms with Crippen LogP contribution in [0.3, 0.4) is 0 Å². The van der Waals surface area contributed by atoms with Gasteiger partial charge in [-0.05, 0) is 31.0 Å². The molecule has 1 unspecified atom stereocenters. The summed E-state index contributed by atoms with van der Waals surface area (Å²) in [6.07, 6.45) is 0. The van der Waals surface area contributed by atoms with Crippen LogP contribution in [0.15, 0.2) is 36.4 Å². The number of ether oxygens (including phenoxy) is 2. The van der Waals surface area contributed by atoms with Gasteiger partial charge in [0.25, 0.3) is 0 Å². The van der Waals surface area contributed by atoms with Crippen LogP contribution in [0.5, 0.6) is 11.5 Å². The van der Waals surface area contributed by atoms with E-state index in [2.05, 4.69) is 18.4 Å². The molecule has 1 atom stereocenters. The number of para-hydroxylation sites is 1. The number of nitrogens with one attached hydrogen (secondary N) is 1. The summed E-state index contributed by atoms with van der Waals surface area (Å²) in [5, 5.41) is 0. The van der Waals surface area contributed by atoms with Crippen LogP contribution in [0.2, 0.25) is 0 Å². The Kier molecular flexibility index (Phi) is 4.83. The van der Waals surface area contributed by atoms with Gasteiger partial charge in [-0.15, -0.1) is 0 Å². The van der Waals surface area contributed by atoms with Crippen molar-refractivity contribution in [3.05, 3.63) is 58.7 Å². The molecular weight excluding hydrogens is 264 g/mol. The van der Waals surface area contributed by atoms with E-state index in [0.29, 0.717) is 0 Å². The Balaban J connectivity index is 2.59. The summed E-state index contributed by atoms with van der Waals surface area (Å²) in [5.74, 6) is 7.45. The van der Waals surface area contributed by atoms with Gasteiger partial charge in [-0.2, -0.15) is 0 Å². The van der Waals surface area contributed by atoms with Gasteiger partial charge < -0.3 is 9.47 Å². The highest BCUT2D eigenvalue weighted by Gasteiger charge is 2.21. The van der Waals surface area contributed by atoms with Crippen LogP contribution in [-0.2, 0) is 0 Å². The summed E-state index contributed by atoms with van der Waals surface area (Å²) in [4.78, 5) is 0. The third kappa shape index (κ3) is 2.86. The number of methoxy groups -OCH3 is 2. The number of rotatable bonds is 5. The smallest absolute Gasteiger partial charge is 0.127 e. The molecule has 0 aliphatic rings. The van der Waals surface area contributed by atoms with Crippen LogP contribution in [-0.4, -0.2) is 14.2 Å². The molecule has 21 heavy (non-hydrogen) atoms. The molecule has 112 valence electrons. The number of nitrogens with two attached hydrogens (primary N) is 1. The first kappa shape index (κ1) is 15.4. The molecule has 0 bridgehead atoms. The second-order valence-corrected chi connectivity index (χ2v) is 4.97. The fourth-order valence-corrected chi connectivity index (χ4v) is 2.56. The Hall–Kier alpha value is -2.04. The van der Waals surface area contributed by atoms with Crippen molar-refractivity contribution in [1.29, 1.82) is 0 Å². The predicted molar refractivity (Wildman–Crippen MR) is 84.6 cm³/mol. The zero-order valence-corrected chi connectivity index (χ0v) is 12.9. The predicted octanol–water partition coefficient (Wildman–Crippen LogP) is 2.87. The minimum atomic E-state index is -0.199. The molecule has 4 heteroatoms. The fourth-order valence-electron chi connectivity index (χ4n) is 2.56. The summed E-state index contributed by atoms with van der Waals surface area (Å²) >= 11 is 0. The highest BCUT2D eigenvalue weighted by Crippen LogP contribution is 2.36. The van der Waals surface area contributed by atoms with E-state index in [1.54, 1.807) is 14.2 Å². The van der Waals surface area contributed by atoms with Crippen molar-refractivity contribution < 1.29 is 9.47 Å². The minimum absolute atomic E-state index is 0.199. The Morgan fingerprint density at radius 1 is 0.952 bits per heavy atom. The van der Waals surface area contributed by atoms with Gasteiger partial charge in [-0.1, -0.05) is 30.3 Å². The molecule has 0 fully saturated rings. The molecule has 2 rings (SSSR count). The van der Waals surface area contributed by atoms with Crippen LogP contribution in [0.1, 0.15) is 28.3 Å². The van der Waals surface area contributed by atoms with Crippen molar-refractivity contribution in [3.63, 3.8) is 0 Å². The lowest BCUT2D eigenvalue weighted by molar-refractivity contribution is 0.392. The molecule has 2 aromatic carbocycles. The Bertz CT molecular complexity index is 626. The standard InChI is InChI=1S/C17H22N2O2/c1-11-9-10-14(17(21-4)12(11)2)16(19-18)13-7-5-6-8-15(13)20-3/h5-10,16,19H,18H2,1-4H3. The molecule has 0 amide bonds. The lowest BCUT2D eigenvalue weighted by Gasteiger charge is -2.23. The van der Waals surface area contributed by atoms with Crippen LogP contribution in [0, 0.1) is 13.8 Å². The first-order valence-corrected chi connectivity index (χ1v) is 6.87. The van der Waals surface area contributed by atoms with Gasteiger partial charge in [0, 0.05) is 11.1 Å². The van der Waals surface area contributed by atoms with Crippen molar-refractivity contribution in [2.24, 2.45) is 5.84 Å². The van der Waals surface area contributed by atoms with Crippen molar-refractivity contribution in [2.45, 2.75) is 19.9 Å². The van der Waals surface area contributed by atoms with Crippen molar-refractivity contribution in [2.75, 3.05) is 14.2 Å². The van der Waals surface area contributed by atoms with Crippen LogP contribution in [0.25, 0.3) is 0 Å². The molecule has 0 radical (unpaired) electrons. The van der Waals surface area contributed by atoms with Gasteiger partial charge in [0.2, 0.25) is 0 Å². The van der Waals surface area contributed by atoms with Gasteiger partial charge in [-0.25, -0.2) is 5.43 Å². The molecule has 4 nitrogen and oxygen atoms in total. The topological polar surface area (TPSA) is 56.5 Å². The van der Waals surface area contributed by atoms with E-state index in [4.69, 9.17) is 15.3 Å². The Morgan fingerprint density at radius 3 is 2.29 bits per heavy atom. The first-order valence-electron chi connectivity index (χ1n) is 6.87. The van der Waals surface area contributed by atoms with E-state index in [0.717, 1.165) is 28.2 Å². The number of aryl methyl sites for hydroxylation is 1. The molecule has 0 saturated carbocycles. The molecule has 0 heterocycles. The van der Waals surface area contributed by atoms with Crippen LogP contribution < -0.4 is 20.7 Å². The van der Waals surface area contributed by atoms with Crippen molar-refractivity contribution >= 4 is 0 Å². The molecule has 0 saturated heterocycles. The zero-order chi connectivity index (χ0) is 15.4. The highest BCUT2D eigenvalue weighted by molar-refractivity contribution is 5.51. The normalized spacial score (nSPS) is 12.0. The third-order valence-corrected chi connectivity index (χ3v) is 3.84. The molecule has 0 aliphatic carbocycles. The molecule has 0 aliphatic heterocycles. The SMILES string of the molecule is COc1ccccc1C(NN)c1ccc(C)c(C)c1OC. The van der Waals surface area contributed by atoms with E-state index >= 15 is 0 Å². The molecular formula is C17H22N2O2. The number of hydrazine groups is 1. The molecule has 0 aromatic heterocycles. The summed E-state index contributed by atoms with van der Waals surface area (Å²) in [7, 11) is 3.34. The summed E-state index contributed by atoms with van der Waals surface area (Å²) in [6, 6.07) is 11.7. The summed E-state index contributed by atoms with van der Waals surface area (Å²) in [6.45, 7) is 4.11. The molecule has 2 aromatic rings. The number of benzene rings is 2. The lowest BCUT2D eigenvalue weighted by Crippen LogP contribution is -2.29. The van der Waals surface area contributed by atoms with E-state index < -0.39 is 0 Å². The summed E-state index contributed by atoms with van der Waals surface area (Å²) in [5.41, 5.74) is 7.14.